The lowest BCUT2D eigenvalue weighted by atomic mass is 9.77. The van der Waals surface area contributed by atoms with Gasteiger partial charge < -0.3 is 10.2 Å². The molecule has 0 bridgehead atoms. The lowest BCUT2D eigenvalue weighted by molar-refractivity contribution is -0.145. The van der Waals surface area contributed by atoms with E-state index in [0.29, 0.717) is 18.0 Å². The molecule has 1 amide bonds. The van der Waals surface area contributed by atoms with Crippen LogP contribution in [0.15, 0.2) is 18.2 Å². The van der Waals surface area contributed by atoms with E-state index in [1.54, 1.807) is 0 Å². The topological polar surface area (TPSA) is 32.3 Å². The molecule has 1 aromatic rings. The number of nitrogens with one attached hydrogen (secondary N) is 1. The number of hydrogen-bond acceptors (Lipinski definition) is 2. The second-order valence-corrected chi connectivity index (χ2v) is 6.73. The number of carbonyl (C=O) groups excluding carboxylic acids is 1. The van der Waals surface area contributed by atoms with Crippen LogP contribution >= 0.6 is 0 Å². The number of aryl methyl sites for hydroxylation is 1. The molecule has 21 heavy (non-hydrogen) atoms. The maximum absolute atomic E-state index is 12.8. The first kappa shape index (κ1) is 13.3. The van der Waals surface area contributed by atoms with Crippen molar-refractivity contribution in [3.63, 3.8) is 0 Å². The van der Waals surface area contributed by atoms with Crippen molar-refractivity contribution in [3.05, 3.63) is 34.9 Å². The fraction of sp³-hybridized carbons (Fsp3) is 0.611. The quantitative estimate of drug-likeness (QED) is 0.859. The zero-order valence-electron chi connectivity index (χ0n) is 12.8. The Balaban J connectivity index is 1.68. The predicted molar refractivity (Wildman–Crippen MR) is 83.1 cm³/mol. The Morgan fingerprint density at radius 1 is 1.38 bits per heavy atom. The molecule has 0 spiro atoms. The first-order valence-electron chi connectivity index (χ1n) is 8.43. The number of piperidine rings is 2. The fourth-order valence-electron chi connectivity index (χ4n) is 4.45. The number of amides is 1. The zero-order chi connectivity index (χ0) is 14.4. The molecule has 3 atom stereocenters. The molecule has 3 aliphatic heterocycles. The van der Waals surface area contributed by atoms with Crippen LogP contribution in [0.3, 0.4) is 0 Å². The third kappa shape index (κ3) is 2.10. The van der Waals surface area contributed by atoms with E-state index in [4.69, 9.17) is 0 Å². The van der Waals surface area contributed by atoms with Crippen LogP contribution in [0.2, 0.25) is 0 Å². The van der Waals surface area contributed by atoms with Gasteiger partial charge in [-0.1, -0.05) is 25.1 Å². The highest BCUT2D eigenvalue weighted by Crippen LogP contribution is 2.41. The molecule has 3 nitrogen and oxygen atoms in total. The highest BCUT2D eigenvalue weighted by Gasteiger charge is 2.44. The monoisotopic (exact) mass is 284 g/mol. The Morgan fingerprint density at radius 3 is 3.14 bits per heavy atom. The third-order valence-electron chi connectivity index (χ3n) is 5.63. The summed E-state index contributed by atoms with van der Waals surface area (Å²) in [6.45, 7) is 4.19. The fourth-order valence-corrected chi connectivity index (χ4v) is 4.45. The largest absolute Gasteiger partial charge is 0.335 e. The molecule has 112 valence electrons. The highest BCUT2D eigenvalue weighted by molar-refractivity contribution is 5.81. The molecule has 0 aromatic heterocycles. The van der Waals surface area contributed by atoms with Gasteiger partial charge in [-0.3, -0.25) is 4.79 Å². The average Bonchev–Trinajstić information content (AvgIpc) is 2.54. The van der Waals surface area contributed by atoms with E-state index in [-0.39, 0.29) is 5.92 Å². The second-order valence-electron chi connectivity index (χ2n) is 6.73. The maximum Gasteiger partial charge on any atom is 0.227 e. The molecule has 2 fully saturated rings. The molecule has 0 unspecified atom stereocenters. The van der Waals surface area contributed by atoms with E-state index in [1.165, 1.54) is 16.7 Å². The van der Waals surface area contributed by atoms with E-state index in [1.807, 2.05) is 0 Å². The van der Waals surface area contributed by atoms with E-state index in [2.05, 4.69) is 35.3 Å². The maximum atomic E-state index is 12.8. The lowest BCUT2D eigenvalue weighted by Crippen LogP contribution is -2.57. The molecule has 0 aliphatic carbocycles. The van der Waals surface area contributed by atoms with Crippen LogP contribution in [0.5, 0.6) is 0 Å². The van der Waals surface area contributed by atoms with Crippen molar-refractivity contribution in [1.29, 1.82) is 0 Å². The first-order valence-corrected chi connectivity index (χ1v) is 8.43. The molecule has 1 N–H and O–H groups in total. The van der Waals surface area contributed by atoms with Gasteiger partial charge in [0.2, 0.25) is 5.91 Å². The Labute approximate surface area is 126 Å². The van der Waals surface area contributed by atoms with E-state index < -0.39 is 0 Å². The molecule has 3 heterocycles. The molecule has 3 heteroatoms. The van der Waals surface area contributed by atoms with Crippen molar-refractivity contribution in [2.45, 2.75) is 51.1 Å². The Bertz CT molecular complexity index is 568. The first-order chi connectivity index (χ1) is 10.3. The van der Waals surface area contributed by atoms with E-state index in [0.717, 1.165) is 45.2 Å². The van der Waals surface area contributed by atoms with Crippen molar-refractivity contribution < 1.29 is 4.79 Å². The van der Waals surface area contributed by atoms with Crippen LogP contribution in [0.25, 0.3) is 0 Å². The van der Waals surface area contributed by atoms with Crippen molar-refractivity contribution in [2.24, 2.45) is 5.92 Å². The number of benzene rings is 1. The molecular formula is C18H24N2O. The predicted octanol–water partition coefficient (Wildman–Crippen LogP) is 2.45. The average molecular weight is 284 g/mol. The van der Waals surface area contributed by atoms with Crippen molar-refractivity contribution >= 4 is 5.91 Å². The number of rotatable bonds is 1. The van der Waals surface area contributed by atoms with Gasteiger partial charge in [0, 0.05) is 12.6 Å². The zero-order valence-corrected chi connectivity index (χ0v) is 12.8. The summed E-state index contributed by atoms with van der Waals surface area (Å²) in [4.78, 5) is 15.0. The summed E-state index contributed by atoms with van der Waals surface area (Å²) in [6.07, 6.45) is 5.42. The Kier molecular flexibility index (Phi) is 3.26. The normalized spacial score (nSPS) is 31.4. The summed E-state index contributed by atoms with van der Waals surface area (Å²) in [5, 5.41) is 3.59. The molecule has 2 saturated heterocycles. The minimum atomic E-state index is 0.228. The Morgan fingerprint density at radius 2 is 2.29 bits per heavy atom. The van der Waals surface area contributed by atoms with Crippen molar-refractivity contribution in [3.8, 4) is 0 Å². The smallest absolute Gasteiger partial charge is 0.227 e. The van der Waals surface area contributed by atoms with Gasteiger partial charge in [0.25, 0.3) is 0 Å². The molecule has 3 aliphatic rings. The van der Waals surface area contributed by atoms with Crippen LogP contribution in [0.1, 0.15) is 48.9 Å². The van der Waals surface area contributed by atoms with Crippen molar-refractivity contribution in [1.82, 2.24) is 10.2 Å². The molecule has 1 aromatic carbocycles. The highest BCUT2D eigenvalue weighted by atomic mass is 16.2. The number of hydrogen-bond donors (Lipinski definition) is 1. The summed E-state index contributed by atoms with van der Waals surface area (Å²) in [7, 11) is 0. The summed E-state index contributed by atoms with van der Waals surface area (Å²) in [5.41, 5.74) is 4.29. The van der Waals surface area contributed by atoms with Crippen molar-refractivity contribution in [2.75, 3.05) is 13.1 Å². The van der Waals surface area contributed by atoms with Crippen LogP contribution in [0, 0.1) is 5.92 Å². The van der Waals surface area contributed by atoms with E-state index in [9.17, 15) is 4.79 Å². The van der Waals surface area contributed by atoms with Gasteiger partial charge in [0.1, 0.15) is 0 Å². The number of nitrogens with zero attached hydrogens (tertiary/aromatic N) is 1. The van der Waals surface area contributed by atoms with Gasteiger partial charge in [-0.2, -0.15) is 0 Å². The summed E-state index contributed by atoms with van der Waals surface area (Å²) < 4.78 is 0. The molecular weight excluding hydrogens is 260 g/mol. The van der Waals surface area contributed by atoms with Crippen LogP contribution in [0.4, 0.5) is 0 Å². The molecule has 4 rings (SSSR count). The van der Waals surface area contributed by atoms with Gasteiger partial charge in [-0.25, -0.2) is 0 Å². The summed E-state index contributed by atoms with van der Waals surface area (Å²) in [6, 6.07) is 7.58. The third-order valence-corrected chi connectivity index (χ3v) is 5.63. The van der Waals surface area contributed by atoms with Gasteiger partial charge in [0.05, 0.1) is 12.0 Å². The van der Waals surface area contributed by atoms with Gasteiger partial charge in [-0.05, 0) is 55.3 Å². The number of carbonyl (C=O) groups is 1. The second kappa shape index (κ2) is 5.13. The summed E-state index contributed by atoms with van der Waals surface area (Å²) in [5.74, 6) is 0.625. The lowest BCUT2D eigenvalue weighted by Gasteiger charge is -2.48. The van der Waals surface area contributed by atoms with Gasteiger partial charge in [0.15, 0.2) is 0 Å². The minimum absolute atomic E-state index is 0.228. The SMILES string of the molecule is CCc1ccc2c(c1)CCN1C(=O)[C@H]3CCCN[C@H]3C[C@@H]21. The number of fused-ring (bicyclic) bond motifs is 4. The van der Waals surface area contributed by atoms with Crippen LogP contribution in [-0.2, 0) is 17.6 Å². The molecule has 0 radical (unpaired) electrons. The summed E-state index contributed by atoms with van der Waals surface area (Å²) >= 11 is 0. The van der Waals surface area contributed by atoms with Crippen LogP contribution in [-0.4, -0.2) is 29.9 Å². The van der Waals surface area contributed by atoms with Gasteiger partial charge in [-0.15, -0.1) is 0 Å². The Hall–Kier alpha value is -1.35. The standard InChI is InChI=1S/C18H24N2O/c1-2-12-5-6-14-13(10-12)7-9-20-17(14)11-16-15(18(20)21)4-3-8-19-16/h5-6,10,15-17,19H,2-4,7-9,11H2,1H3/t15-,16-,17-/m0/s1. The minimum Gasteiger partial charge on any atom is -0.335 e. The van der Waals surface area contributed by atoms with E-state index >= 15 is 0 Å². The van der Waals surface area contributed by atoms with Crippen LogP contribution < -0.4 is 5.32 Å². The van der Waals surface area contributed by atoms with Gasteiger partial charge >= 0.3 is 0 Å². The molecule has 0 saturated carbocycles.